The molecule has 4 rings (SSSR count). The van der Waals surface area contributed by atoms with Crippen LogP contribution in [0, 0.1) is 13.8 Å². The predicted octanol–water partition coefficient (Wildman–Crippen LogP) is 4.91. The van der Waals surface area contributed by atoms with E-state index in [0.29, 0.717) is 5.56 Å². The number of amides is 2. The number of hydrogen-bond acceptors (Lipinski definition) is 3. The van der Waals surface area contributed by atoms with Crippen LogP contribution < -0.4 is 5.32 Å². The van der Waals surface area contributed by atoms with Crippen molar-refractivity contribution in [3.05, 3.63) is 87.1 Å². The van der Waals surface area contributed by atoms with E-state index in [2.05, 4.69) is 5.32 Å². The summed E-state index contributed by atoms with van der Waals surface area (Å²) in [4.78, 5) is 29.1. The molecule has 2 aromatic carbocycles. The molecule has 1 N–H and O–H groups in total. The molecule has 4 nitrogen and oxygen atoms in total. The van der Waals surface area contributed by atoms with Crippen LogP contribution >= 0.6 is 11.3 Å². The Balaban J connectivity index is 1.78. The number of fused-ring (bicyclic) bond motifs is 1. The summed E-state index contributed by atoms with van der Waals surface area (Å²) in [6.45, 7) is 4.08. The number of nitrogens with one attached hydrogen (secondary N) is 1. The highest BCUT2D eigenvalue weighted by Gasteiger charge is 2.43. The van der Waals surface area contributed by atoms with Gasteiger partial charge in [0.05, 0.1) is 12.0 Å². The van der Waals surface area contributed by atoms with Crippen LogP contribution in [0.25, 0.3) is 0 Å². The second-order valence-corrected chi connectivity index (χ2v) is 8.21. The molecule has 0 radical (unpaired) electrons. The Morgan fingerprint density at radius 3 is 2.54 bits per heavy atom. The summed E-state index contributed by atoms with van der Waals surface area (Å²) in [6, 6.07) is 17.0. The molecule has 1 aromatic heterocycles. The van der Waals surface area contributed by atoms with Gasteiger partial charge in [-0.3, -0.25) is 9.59 Å². The summed E-state index contributed by atoms with van der Waals surface area (Å²) in [5.74, 6) is -0.628. The molecule has 0 saturated carbocycles. The quantitative estimate of drug-likeness (QED) is 0.690. The van der Waals surface area contributed by atoms with Crippen LogP contribution in [-0.2, 0) is 4.79 Å². The topological polar surface area (TPSA) is 49.4 Å². The van der Waals surface area contributed by atoms with Crippen molar-refractivity contribution < 1.29 is 9.59 Å². The Morgan fingerprint density at radius 2 is 1.82 bits per heavy atom. The van der Waals surface area contributed by atoms with E-state index in [9.17, 15) is 9.59 Å². The summed E-state index contributed by atoms with van der Waals surface area (Å²) in [5.41, 5.74) is 4.46. The SMILES string of the molecule is Cc1ccc(NC(=O)C2c3ccccc3C(=O)N(C)C2c2cccs2)cc1C. The summed E-state index contributed by atoms with van der Waals surface area (Å²) in [5, 5.41) is 5.05. The molecule has 142 valence electrons. The first kappa shape index (κ1) is 18.4. The fourth-order valence-electron chi connectivity index (χ4n) is 3.81. The fourth-order valence-corrected chi connectivity index (χ4v) is 4.72. The maximum absolute atomic E-state index is 13.4. The molecule has 0 aliphatic carbocycles. The molecule has 2 atom stereocenters. The lowest BCUT2D eigenvalue weighted by atomic mass is 9.81. The van der Waals surface area contributed by atoms with Crippen LogP contribution in [-0.4, -0.2) is 23.8 Å². The number of benzene rings is 2. The van der Waals surface area contributed by atoms with E-state index in [1.54, 1.807) is 29.4 Å². The predicted molar refractivity (Wildman–Crippen MR) is 113 cm³/mol. The molecule has 2 unspecified atom stereocenters. The number of aryl methyl sites for hydroxylation is 2. The molecule has 1 aliphatic rings. The first-order chi connectivity index (χ1) is 13.5. The van der Waals surface area contributed by atoms with Gasteiger partial charge in [0, 0.05) is 23.2 Å². The van der Waals surface area contributed by atoms with Gasteiger partial charge in [-0.1, -0.05) is 30.3 Å². The van der Waals surface area contributed by atoms with Crippen LogP contribution in [0.1, 0.15) is 43.9 Å². The normalized spacial score (nSPS) is 18.7. The van der Waals surface area contributed by atoms with Gasteiger partial charge >= 0.3 is 0 Å². The van der Waals surface area contributed by atoms with Gasteiger partial charge in [0.1, 0.15) is 0 Å². The number of anilines is 1. The van der Waals surface area contributed by atoms with E-state index in [0.717, 1.165) is 21.7 Å². The second-order valence-electron chi connectivity index (χ2n) is 7.23. The van der Waals surface area contributed by atoms with Gasteiger partial charge in [-0.15, -0.1) is 11.3 Å². The highest BCUT2D eigenvalue weighted by Crippen LogP contribution is 2.43. The van der Waals surface area contributed by atoms with Crippen LogP contribution in [0.5, 0.6) is 0 Å². The van der Waals surface area contributed by atoms with Crippen LogP contribution in [0.3, 0.4) is 0 Å². The van der Waals surface area contributed by atoms with Crippen LogP contribution in [0.4, 0.5) is 5.69 Å². The Bertz CT molecular complexity index is 1040. The number of carbonyl (C=O) groups is 2. The molecular weight excluding hydrogens is 368 g/mol. The Kier molecular flexibility index (Phi) is 4.77. The first-order valence-electron chi connectivity index (χ1n) is 9.25. The van der Waals surface area contributed by atoms with Crippen molar-refractivity contribution in [1.82, 2.24) is 4.90 Å². The molecule has 3 aromatic rings. The number of rotatable bonds is 3. The highest BCUT2D eigenvalue weighted by molar-refractivity contribution is 7.10. The van der Waals surface area contributed by atoms with Gasteiger partial charge in [0.25, 0.3) is 5.91 Å². The van der Waals surface area contributed by atoms with Crippen molar-refractivity contribution in [1.29, 1.82) is 0 Å². The Hall–Kier alpha value is -2.92. The van der Waals surface area contributed by atoms with Gasteiger partial charge in [-0.05, 0) is 60.2 Å². The van der Waals surface area contributed by atoms with Gasteiger partial charge in [0.2, 0.25) is 5.91 Å². The van der Waals surface area contributed by atoms with E-state index < -0.39 is 5.92 Å². The zero-order chi connectivity index (χ0) is 19.8. The van der Waals surface area contributed by atoms with E-state index in [4.69, 9.17) is 0 Å². The maximum Gasteiger partial charge on any atom is 0.254 e. The lowest BCUT2D eigenvalue weighted by Crippen LogP contribution is -2.43. The largest absolute Gasteiger partial charge is 0.333 e. The average Bonchev–Trinajstić information content (AvgIpc) is 3.21. The van der Waals surface area contributed by atoms with Crippen molar-refractivity contribution in [2.24, 2.45) is 0 Å². The maximum atomic E-state index is 13.4. The molecule has 5 heteroatoms. The number of nitrogens with zero attached hydrogens (tertiary/aromatic N) is 1. The van der Waals surface area contributed by atoms with E-state index in [1.807, 2.05) is 67.8 Å². The standard InChI is InChI=1S/C23H22N2O2S/c1-14-10-11-16(13-15(14)2)24-22(26)20-17-7-4-5-8-18(17)23(27)25(3)21(20)19-9-6-12-28-19/h4-13,20-21H,1-3H3,(H,24,26). The van der Waals surface area contributed by atoms with Crippen molar-refractivity contribution in [3.63, 3.8) is 0 Å². The zero-order valence-corrected chi connectivity index (χ0v) is 16.9. The van der Waals surface area contributed by atoms with Crippen molar-refractivity contribution in [2.75, 3.05) is 12.4 Å². The molecule has 0 fully saturated rings. The third-order valence-electron chi connectivity index (χ3n) is 5.47. The van der Waals surface area contributed by atoms with Crippen molar-refractivity contribution >= 4 is 28.8 Å². The van der Waals surface area contributed by atoms with Gasteiger partial charge in [-0.25, -0.2) is 0 Å². The Morgan fingerprint density at radius 1 is 1.04 bits per heavy atom. The zero-order valence-electron chi connectivity index (χ0n) is 16.1. The monoisotopic (exact) mass is 390 g/mol. The molecule has 0 bridgehead atoms. The van der Waals surface area contributed by atoms with E-state index >= 15 is 0 Å². The van der Waals surface area contributed by atoms with Crippen LogP contribution in [0.2, 0.25) is 0 Å². The molecule has 2 heterocycles. The summed E-state index contributed by atoms with van der Waals surface area (Å²) < 4.78 is 0. The lowest BCUT2D eigenvalue weighted by Gasteiger charge is -2.39. The van der Waals surface area contributed by atoms with Crippen molar-refractivity contribution in [2.45, 2.75) is 25.8 Å². The smallest absolute Gasteiger partial charge is 0.254 e. The fraction of sp³-hybridized carbons (Fsp3) is 0.217. The summed E-state index contributed by atoms with van der Waals surface area (Å²) in [6.07, 6.45) is 0. The molecule has 1 aliphatic heterocycles. The second kappa shape index (κ2) is 7.24. The average molecular weight is 391 g/mol. The molecular formula is C23H22N2O2S. The van der Waals surface area contributed by atoms with Crippen LogP contribution in [0.15, 0.2) is 60.0 Å². The third-order valence-corrected chi connectivity index (χ3v) is 6.41. The Labute approximate surface area is 168 Å². The highest BCUT2D eigenvalue weighted by atomic mass is 32.1. The minimum atomic E-state index is -0.473. The number of hydrogen-bond donors (Lipinski definition) is 1. The number of likely N-dealkylation sites (N-methyl/N-ethyl adjacent to an activating group) is 1. The number of thiophene rings is 1. The van der Waals surface area contributed by atoms with E-state index in [1.165, 1.54) is 5.56 Å². The molecule has 28 heavy (non-hydrogen) atoms. The summed E-state index contributed by atoms with van der Waals surface area (Å²) in [7, 11) is 1.78. The minimum Gasteiger partial charge on any atom is -0.333 e. The molecule has 0 saturated heterocycles. The summed E-state index contributed by atoms with van der Waals surface area (Å²) >= 11 is 1.57. The van der Waals surface area contributed by atoms with Gasteiger partial charge < -0.3 is 10.2 Å². The number of carbonyl (C=O) groups excluding carboxylic acids is 2. The third kappa shape index (κ3) is 3.12. The van der Waals surface area contributed by atoms with Gasteiger partial charge in [0.15, 0.2) is 0 Å². The van der Waals surface area contributed by atoms with Crippen molar-refractivity contribution in [3.8, 4) is 0 Å². The van der Waals surface area contributed by atoms with Gasteiger partial charge in [-0.2, -0.15) is 0 Å². The van der Waals surface area contributed by atoms with E-state index in [-0.39, 0.29) is 17.9 Å². The lowest BCUT2D eigenvalue weighted by molar-refractivity contribution is -0.119. The minimum absolute atomic E-state index is 0.0516. The molecule has 0 spiro atoms. The molecule has 2 amide bonds. The first-order valence-corrected chi connectivity index (χ1v) is 10.1.